The maximum atomic E-state index is 5.20. The summed E-state index contributed by atoms with van der Waals surface area (Å²) in [4.78, 5) is 0. The molecule has 0 aliphatic heterocycles. The van der Waals surface area contributed by atoms with E-state index in [4.69, 9.17) is 11.1 Å². The van der Waals surface area contributed by atoms with E-state index in [1.54, 1.807) is 0 Å². The highest BCUT2D eigenvalue weighted by Crippen LogP contribution is 1.65. The molecule has 4 heteroatoms. The molecule has 0 saturated heterocycles. The summed E-state index contributed by atoms with van der Waals surface area (Å²) < 4.78 is 0. The van der Waals surface area contributed by atoms with Crippen molar-refractivity contribution in [1.82, 2.24) is 0 Å². The van der Waals surface area contributed by atoms with E-state index in [1.165, 1.54) is 0 Å². The third-order valence-corrected chi connectivity index (χ3v) is 0. The SMILES string of the molecule is [Si][Si]([Si])Cl. The van der Waals surface area contributed by atoms with Gasteiger partial charge in [-0.25, -0.2) is 0 Å². The van der Waals surface area contributed by atoms with Gasteiger partial charge in [-0.3, -0.25) is 0 Å². The zero-order valence-corrected chi connectivity index (χ0v) is 5.63. The van der Waals surface area contributed by atoms with E-state index in [0.29, 0.717) is 0 Å². The van der Waals surface area contributed by atoms with Crippen LogP contribution >= 0.6 is 11.1 Å². The molecular formula is ClSi3. The van der Waals surface area contributed by atoms with E-state index in [-0.39, 0.29) is 0 Å². The van der Waals surface area contributed by atoms with Crippen LogP contribution in [0.5, 0.6) is 0 Å². The molecule has 0 aromatic heterocycles. The first kappa shape index (κ1) is 4.94. The Labute approximate surface area is 38.3 Å². The Hall–Kier alpha value is 0.941. The van der Waals surface area contributed by atoms with Crippen molar-refractivity contribution in [2.75, 3.05) is 0 Å². The molecule has 0 saturated carbocycles. The highest BCUT2D eigenvalue weighted by molar-refractivity contribution is 7.50. The topological polar surface area (TPSA) is 0 Å². The molecule has 0 rings (SSSR count). The van der Waals surface area contributed by atoms with Crippen LogP contribution in [0, 0.1) is 0 Å². The molecule has 0 aliphatic carbocycles. The maximum absolute atomic E-state index is 5.20. The summed E-state index contributed by atoms with van der Waals surface area (Å²) in [6.45, 7) is 0. The van der Waals surface area contributed by atoms with Gasteiger partial charge in [0, 0.05) is 19.5 Å². The summed E-state index contributed by atoms with van der Waals surface area (Å²) in [6, 6.07) is 0. The van der Waals surface area contributed by atoms with Gasteiger partial charge in [0.05, 0.1) is 0 Å². The molecule has 4 heavy (non-hydrogen) atoms. The van der Waals surface area contributed by atoms with E-state index in [2.05, 4.69) is 19.5 Å². The predicted molar refractivity (Wildman–Crippen MR) is 23.1 cm³/mol. The first-order valence-electron chi connectivity index (χ1n) is 0.689. The number of hydrogen-bond donors (Lipinski definition) is 0. The van der Waals surface area contributed by atoms with Crippen molar-refractivity contribution < 1.29 is 0 Å². The van der Waals surface area contributed by atoms with E-state index >= 15 is 0 Å². The summed E-state index contributed by atoms with van der Waals surface area (Å²) >= 11 is 5.20. The summed E-state index contributed by atoms with van der Waals surface area (Å²) in [6.07, 6.45) is 0. The minimum absolute atomic E-state index is 0.796. The van der Waals surface area contributed by atoms with Crippen molar-refractivity contribution in [3.63, 3.8) is 0 Å². The lowest BCUT2D eigenvalue weighted by Gasteiger charge is -1.69. The zero-order valence-electron chi connectivity index (χ0n) is 1.88. The summed E-state index contributed by atoms with van der Waals surface area (Å²) in [5.41, 5.74) is 0. The Bertz CT molecular complexity index is 8.00. The van der Waals surface area contributed by atoms with E-state index in [1.807, 2.05) is 0 Å². The minimum atomic E-state index is -0.796. The van der Waals surface area contributed by atoms with Gasteiger partial charge in [0.25, 0.3) is 0 Å². The first-order valence-corrected chi connectivity index (χ1v) is 6.20. The Kier molecular flexibility index (Phi) is 2.71. The van der Waals surface area contributed by atoms with Crippen LogP contribution in [0.15, 0.2) is 0 Å². The summed E-state index contributed by atoms with van der Waals surface area (Å²) in [5, 5.41) is 0. The van der Waals surface area contributed by atoms with Crippen LogP contribution in [0.1, 0.15) is 0 Å². The minimum Gasteiger partial charge on any atom is -0.178 e. The standard InChI is InChI=1S/ClSi3/c1-4(2)3. The summed E-state index contributed by atoms with van der Waals surface area (Å²) in [5.74, 6) is 0. The molecule has 0 fully saturated rings. The Morgan fingerprint density at radius 1 is 1.50 bits per heavy atom. The van der Waals surface area contributed by atoms with Gasteiger partial charge in [-0.15, -0.1) is 0 Å². The highest BCUT2D eigenvalue weighted by Gasteiger charge is 1.78. The average molecular weight is 120 g/mol. The normalized spacial score (nSPS) is 9.00. The van der Waals surface area contributed by atoms with E-state index in [0.717, 1.165) is 0 Å². The Morgan fingerprint density at radius 3 is 1.50 bits per heavy atom. The molecule has 0 spiro atoms. The molecule has 0 amide bonds. The van der Waals surface area contributed by atoms with Crippen LogP contribution in [-0.2, 0) is 0 Å². The fourth-order valence-corrected chi connectivity index (χ4v) is 0. The molecule has 0 atom stereocenters. The van der Waals surface area contributed by atoms with Crippen LogP contribution < -0.4 is 0 Å². The zero-order chi connectivity index (χ0) is 3.58. The van der Waals surface area contributed by atoms with Crippen LogP contribution in [-0.4, -0.2) is 26.7 Å². The maximum Gasteiger partial charge on any atom is 0.125 e. The van der Waals surface area contributed by atoms with Crippen LogP contribution in [0.4, 0.5) is 0 Å². The molecule has 0 unspecified atom stereocenters. The molecule has 0 aliphatic rings. The smallest absolute Gasteiger partial charge is 0.125 e. The quantitative estimate of drug-likeness (QED) is 0.299. The number of rotatable bonds is 0. The van der Waals surface area contributed by atoms with Crippen LogP contribution in [0.2, 0.25) is 0 Å². The van der Waals surface area contributed by atoms with E-state index in [9.17, 15) is 0 Å². The first-order chi connectivity index (χ1) is 1.73. The van der Waals surface area contributed by atoms with Gasteiger partial charge >= 0.3 is 0 Å². The number of hydrogen-bond acceptors (Lipinski definition) is 0. The molecule has 0 N–H and O–H groups in total. The van der Waals surface area contributed by atoms with Crippen molar-refractivity contribution in [1.29, 1.82) is 0 Å². The van der Waals surface area contributed by atoms with Gasteiger partial charge in [0.2, 0.25) is 0 Å². The largest absolute Gasteiger partial charge is 0.178 e. The van der Waals surface area contributed by atoms with Crippen LogP contribution in [0.25, 0.3) is 0 Å². The fourth-order valence-electron chi connectivity index (χ4n) is 0. The molecule has 0 aromatic rings. The molecule has 19 valence electrons. The van der Waals surface area contributed by atoms with Crippen molar-refractivity contribution in [2.24, 2.45) is 0 Å². The van der Waals surface area contributed by atoms with Crippen molar-refractivity contribution in [3.8, 4) is 0 Å². The van der Waals surface area contributed by atoms with E-state index < -0.39 is 7.14 Å². The Balaban J connectivity index is 2.32. The second-order valence-electron chi connectivity index (χ2n) is 0.314. The third kappa shape index (κ3) is 12.5. The molecule has 0 bridgehead atoms. The highest BCUT2D eigenvalue weighted by atomic mass is 35.6. The second kappa shape index (κ2) is 2.19. The molecular weight excluding hydrogens is 120 g/mol. The monoisotopic (exact) mass is 119 g/mol. The fraction of sp³-hybridized carbons (Fsp3) is 0. The molecule has 0 heterocycles. The average Bonchev–Trinajstić information content (AvgIpc) is 0.811. The third-order valence-electron chi connectivity index (χ3n) is 0. The summed E-state index contributed by atoms with van der Waals surface area (Å²) in [7, 11) is 5.39. The van der Waals surface area contributed by atoms with Gasteiger partial charge in [0.1, 0.15) is 7.14 Å². The second-order valence-corrected chi connectivity index (χ2v) is 8.48. The van der Waals surface area contributed by atoms with Crippen molar-refractivity contribution >= 4 is 37.7 Å². The number of halogens is 1. The van der Waals surface area contributed by atoms with Gasteiger partial charge in [0.15, 0.2) is 0 Å². The van der Waals surface area contributed by atoms with Crippen molar-refractivity contribution in [3.05, 3.63) is 0 Å². The van der Waals surface area contributed by atoms with Gasteiger partial charge in [-0.1, -0.05) is 0 Å². The predicted octanol–water partition coefficient (Wildman–Crippen LogP) is -0.453. The Morgan fingerprint density at radius 2 is 1.50 bits per heavy atom. The molecule has 0 nitrogen and oxygen atoms in total. The van der Waals surface area contributed by atoms with Gasteiger partial charge in [-0.2, -0.15) is 11.1 Å². The van der Waals surface area contributed by atoms with Gasteiger partial charge < -0.3 is 0 Å². The van der Waals surface area contributed by atoms with Crippen molar-refractivity contribution in [2.45, 2.75) is 0 Å². The lowest BCUT2D eigenvalue weighted by molar-refractivity contribution is 4.04. The lowest BCUT2D eigenvalue weighted by Crippen LogP contribution is -1.99. The lowest BCUT2D eigenvalue weighted by atomic mass is 26.6. The molecule has 0 aromatic carbocycles. The van der Waals surface area contributed by atoms with Gasteiger partial charge in [-0.05, 0) is 0 Å². The molecule has 7 radical (unpaired) electrons. The van der Waals surface area contributed by atoms with Crippen LogP contribution in [0.3, 0.4) is 0 Å².